The number of nitrogens with one attached hydrogen (secondary N) is 1. The predicted octanol–water partition coefficient (Wildman–Crippen LogP) is 2.21. The first-order valence-corrected chi connectivity index (χ1v) is 8.45. The van der Waals surface area contributed by atoms with Crippen LogP contribution in [0.15, 0.2) is 6.07 Å². The first kappa shape index (κ1) is 15.9. The molecule has 0 spiro atoms. The summed E-state index contributed by atoms with van der Waals surface area (Å²) in [5.41, 5.74) is 1.64. The van der Waals surface area contributed by atoms with E-state index in [0.29, 0.717) is 25.0 Å². The van der Waals surface area contributed by atoms with Crippen LogP contribution in [-0.4, -0.2) is 39.3 Å². The molecule has 1 atom stereocenters. The normalized spacial score (nSPS) is 22.4. The van der Waals surface area contributed by atoms with E-state index in [1.807, 2.05) is 24.8 Å². The van der Waals surface area contributed by atoms with Crippen molar-refractivity contribution in [3.8, 4) is 0 Å². The van der Waals surface area contributed by atoms with Gasteiger partial charge in [0.15, 0.2) is 0 Å². The van der Waals surface area contributed by atoms with Crippen molar-refractivity contribution in [2.75, 3.05) is 11.9 Å². The van der Waals surface area contributed by atoms with Crippen molar-refractivity contribution in [1.82, 2.24) is 14.9 Å². The van der Waals surface area contributed by atoms with Gasteiger partial charge < -0.3 is 4.90 Å². The predicted molar refractivity (Wildman–Crippen MR) is 86.8 cm³/mol. The molecule has 6 nitrogen and oxygen atoms in total. The minimum Gasteiger partial charge on any atom is -0.339 e. The van der Waals surface area contributed by atoms with E-state index in [1.165, 1.54) is 19.3 Å². The third kappa shape index (κ3) is 3.68. The number of carbonyl (C=O) groups is 2. The summed E-state index contributed by atoms with van der Waals surface area (Å²) in [5, 5.41) is 2.77. The highest BCUT2D eigenvalue weighted by Gasteiger charge is 2.38. The Bertz CT molecular complexity index is 590. The highest BCUT2D eigenvalue weighted by atomic mass is 16.2. The number of nitrogens with zero attached hydrogens (tertiary/aromatic N) is 3. The number of hydrogen-bond acceptors (Lipinski definition) is 4. The number of likely N-dealkylation sites (tertiary alicyclic amines) is 1. The van der Waals surface area contributed by atoms with Crippen LogP contribution in [0.1, 0.15) is 49.9 Å². The van der Waals surface area contributed by atoms with Crippen molar-refractivity contribution in [1.29, 1.82) is 0 Å². The Hall–Kier alpha value is -1.98. The van der Waals surface area contributed by atoms with Crippen LogP contribution in [0.25, 0.3) is 0 Å². The molecule has 1 N–H and O–H groups in total. The molecule has 0 bridgehead atoms. The van der Waals surface area contributed by atoms with Crippen molar-refractivity contribution in [3.05, 3.63) is 17.5 Å². The number of anilines is 1. The summed E-state index contributed by atoms with van der Waals surface area (Å²) in [6.07, 6.45) is 6.06. The average molecular weight is 316 g/mol. The lowest BCUT2D eigenvalue weighted by molar-refractivity contribution is -0.130. The van der Waals surface area contributed by atoms with Gasteiger partial charge in [0.1, 0.15) is 0 Å². The van der Waals surface area contributed by atoms with Crippen LogP contribution in [0.2, 0.25) is 0 Å². The van der Waals surface area contributed by atoms with E-state index in [0.717, 1.165) is 24.2 Å². The Balaban J connectivity index is 1.63. The van der Waals surface area contributed by atoms with Gasteiger partial charge in [0.2, 0.25) is 17.8 Å². The summed E-state index contributed by atoms with van der Waals surface area (Å²) in [7, 11) is 0. The van der Waals surface area contributed by atoms with Crippen molar-refractivity contribution in [2.24, 2.45) is 5.92 Å². The maximum atomic E-state index is 12.4. The van der Waals surface area contributed by atoms with Gasteiger partial charge in [0.25, 0.3) is 0 Å². The third-order valence-electron chi connectivity index (χ3n) is 4.76. The molecule has 23 heavy (non-hydrogen) atoms. The van der Waals surface area contributed by atoms with E-state index in [1.54, 1.807) is 0 Å². The molecule has 3 rings (SSSR count). The molecule has 1 saturated carbocycles. The zero-order chi connectivity index (χ0) is 16.4. The van der Waals surface area contributed by atoms with E-state index in [9.17, 15) is 9.59 Å². The second kappa shape index (κ2) is 6.64. The van der Waals surface area contributed by atoms with Crippen molar-refractivity contribution >= 4 is 17.8 Å². The smallest absolute Gasteiger partial charge is 0.232 e. The number of hydrogen-bond donors (Lipinski definition) is 1. The summed E-state index contributed by atoms with van der Waals surface area (Å²) in [4.78, 5) is 35.1. The summed E-state index contributed by atoms with van der Waals surface area (Å²) in [6.45, 7) is 4.27. The molecule has 1 aromatic rings. The Morgan fingerprint density at radius 2 is 1.83 bits per heavy atom. The fourth-order valence-corrected chi connectivity index (χ4v) is 3.65. The molecule has 0 aromatic carbocycles. The van der Waals surface area contributed by atoms with Crippen LogP contribution < -0.4 is 5.32 Å². The van der Waals surface area contributed by atoms with E-state index < -0.39 is 0 Å². The summed E-state index contributed by atoms with van der Waals surface area (Å²) in [6, 6.07) is 2.19. The van der Waals surface area contributed by atoms with Gasteiger partial charge in [-0.1, -0.05) is 19.3 Å². The van der Waals surface area contributed by atoms with E-state index >= 15 is 0 Å². The van der Waals surface area contributed by atoms with Crippen LogP contribution in [0.5, 0.6) is 0 Å². The maximum absolute atomic E-state index is 12.4. The Kier molecular flexibility index (Phi) is 4.59. The Morgan fingerprint density at radius 3 is 2.48 bits per heavy atom. The number of carbonyl (C=O) groups excluding carboxylic acids is 2. The van der Waals surface area contributed by atoms with Crippen LogP contribution in [0.3, 0.4) is 0 Å². The average Bonchev–Trinajstić information content (AvgIpc) is 2.89. The lowest BCUT2D eigenvalue weighted by Gasteiger charge is -2.31. The second-order valence-electron chi connectivity index (χ2n) is 6.70. The summed E-state index contributed by atoms with van der Waals surface area (Å²) in [5.74, 6) is -0.00930. The number of aromatic nitrogens is 2. The van der Waals surface area contributed by atoms with E-state index in [4.69, 9.17) is 0 Å². The fraction of sp³-hybridized carbons (Fsp3) is 0.647. The lowest BCUT2D eigenvalue weighted by atomic mass is 9.94. The van der Waals surface area contributed by atoms with Crippen LogP contribution >= 0.6 is 0 Å². The third-order valence-corrected chi connectivity index (χ3v) is 4.76. The maximum Gasteiger partial charge on any atom is 0.232 e. The van der Waals surface area contributed by atoms with E-state index in [-0.39, 0.29) is 17.7 Å². The molecule has 2 aliphatic rings. The molecule has 124 valence electrons. The standard InChI is InChI=1S/C17H24N4O2/c1-11-8-12(2)19-17(18-11)20-16(23)13-9-15(22)21(10-13)14-6-4-3-5-7-14/h8,13-14H,3-7,9-10H2,1-2H3,(H,18,19,20,23). The summed E-state index contributed by atoms with van der Waals surface area (Å²) >= 11 is 0. The zero-order valence-electron chi connectivity index (χ0n) is 13.8. The molecule has 1 saturated heterocycles. The van der Waals surface area contributed by atoms with E-state index in [2.05, 4.69) is 15.3 Å². The monoisotopic (exact) mass is 316 g/mol. The van der Waals surface area contributed by atoms with Crippen LogP contribution in [0, 0.1) is 19.8 Å². The molecule has 2 heterocycles. The van der Waals surface area contributed by atoms with Crippen molar-refractivity contribution in [2.45, 2.75) is 58.4 Å². The fourth-order valence-electron chi connectivity index (χ4n) is 3.65. The van der Waals surface area contributed by atoms with Gasteiger partial charge >= 0.3 is 0 Å². The quantitative estimate of drug-likeness (QED) is 0.927. The SMILES string of the molecule is Cc1cc(C)nc(NC(=O)C2CC(=O)N(C3CCCCC3)C2)n1. The highest BCUT2D eigenvalue weighted by Crippen LogP contribution is 2.29. The topological polar surface area (TPSA) is 75.2 Å². The molecule has 1 aromatic heterocycles. The Morgan fingerprint density at radius 1 is 1.17 bits per heavy atom. The van der Waals surface area contributed by atoms with Gasteiger partial charge in [-0.25, -0.2) is 9.97 Å². The molecule has 1 aliphatic heterocycles. The molecule has 0 radical (unpaired) electrons. The number of amides is 2. The molecule has 2 fully saturated rings. The molecule has 1 aliphatic carbocycles. The van der Waals surface area contributed by atoms with Crippen molar-refractivity contribution in [3.63, 3.8) is 0 Å². The molecule has 6 heteroatoms. The Labute approximate surface area is 136 Å². The molecular weight excluding hydrogens is 292 g/mol. The van der Waals surface area contributed by atoms with Gasteiger partial charge in [0, 0.05) is 30.4 Å². The molecule has 1 unspecified atom stereocenters. The van der Waals surface area contributed by atoms with Gasteiger partial charge in [-0.05, 0) is 32.8 Å². The summed E-state index contributed by atoms with van der Waals surface area (Å²) < 4.78 is 0. The first-order valence-electron chi connectivity index (χ1n) is 8.45. The number of rotatable bonds is 3. The first-order chi connectivity index (χ1) is 11.0. The van der Waals surface area contributed by atoms with Gasteiger partial charge in [0.05, 0.1) is 5.92 Å². The highest BCUT2D eigenvalue weighted by molar-refractivity contribution is 5.96. The zero-order valence-corrected chi connectivity index (χ0v) is 13.8. The minimum absolute atomic E-state index is 0.110. The second-order valence-corrected chi connectivity index (χ2v) is 6.70. The van der Waals surface area contributed by atoms with Crippen LogP contribution in [-0.2, 0) is 9.59 Å². The van der Waals surface area contributed by atoms with Crippen LogP contribution in [0.4, 0.5) is 5.95 Å². The molecular formula is C17H24N4O2. The van der Waals surface area contributed by atoms with Gasteiger partial charge in [-0.15, -0.1) is 0 Å². The largest absolute Gasteiger partial charge is 0.339 e. The molecule has 2 amide bonds. The van der Waals surface area contributed by atoms with Crippen molar-refractivity contribution < 1.29 is 9.59 Å². The lowest BCUT2D eigenvalue weighted by Crippen LogP contribution is -2.38. The number of aryl methyl sites for hydroxylation is 2. The van der Waals surface area contributed by atoms with Gasteiger partial charge in [-0.2, -0.15) is 0 Å². The van der Waals surface area contributed by atoms with Gasteiger partial charge in [-0.3, -0.25) is 14.9 Å². The minimum atomic E-state index is -0.297.